The van der Waals surface area contributed by atoms with Crippen LogP contribution >= 0.6 is 0 Å². The van der Waals surface area contributed by atoms with E-state index in [1.807, 2.05) is 6.92 Å². The van der Waals surface area contributed by atoms with E-state index in [1.54, 1.807) is 0 Å². The van der Waals surface area contributed by atoms with Gasteiger partial charge >= 0.3 is 6.18 Å². The number of halogens is 3. The maximum atomic E-state index is 11.7. The predicted molar refractivity (Wildman–Crippen MR) is 63.0 cm³/mol. The SMILES string of the molecule is CCCCCCCC(C)/C=N/OCC(F)(F)F. The average molecular weight is 253 g/mol. The lowest BCUT2D eigenvalue weighted by Gasteiger charge is -2.06. The Kier molecular flexibility index (Phi) is 8.90. The number of hydrogen-bond donors (Lipinski definition) is 0. The largest absolute Gasteiger partial charge is 0.425 e. The maximum absolute atomic E-state index is 11.7. The van der Waals surface area contributed by atoms with Gasteiger partial charge < -0.3 is 4.84 Å². The van der Waals surface area contributed by atoms with Crippen LogP contribution in [0.15, 0.2) is 5.16 Å². The molecule has 1 atom stereocenters. The quantitative estimate of drug-likeness (QED) is 0.335. The maximum Gasteiger partial charge on any atom is 0.425 e. The molecule has 0 saturated carbocycles. The summed E-state index contributed by atoms with van der Waals surface area (Å²) in [5.41, 5.74) is 0. The highest BCUT2D eigenvalue weighted by atomic mass is 19.4. The molecule has 0 spiro atoms. The molecular formula is C12H22F3NO. The Morgan fingerprint density at radius 2 is 1.82 bits per heavy atom. The van der Waals surface area contributed by atoms with Crippen LogP contribution < -0.4 is 0 Å². The van der Waals surface area contributed by atoms with Crippen molar-refractivity contribution in [1.82, 2.24) is 0 Å². The van der Waals surface area contributed by atoms with Gasteiger partial charge in [0.15, 0.2) is 0 Å². The second-order valence-corrected chi connectivity index (χ2v) is 4.32. The van der Waals surface area contributed by atoms with Crippen molar-refractivity contribution in [3.05, 3.63) is 0 Å². The van der Waals surface area contributed by atoms with E-state index >= 15 is 0 Å². The molecule has 0 bridgehead atoms. The van der Waals surface area contributed by atoms with Crippen LogP contribution in [-0.2, 0) is 4.84 Å². The fraction of sp³-hybridized carbons (Fsp3) is 0.917. The third-order valence-electron chi connectivity index (χ3n) is 2.38. The zero-order valence-corrected chi connectivity index (χ0v) is 10.6. The fourth-order valence-electron chi connectivity index (χ4n) is 1.40. The first-order valence-electron chi connectivity index (χ1n) is 6.18. The van der Waals surface area contributed by atoms with Gasteiger partial charge in [0.05, 0.1) is 0 Å². The molecule has 0 rings (SSSR count). The number of rotatable bonds is 9. The molecule has 0 aromatic heterocycles. The number of unbranched alkanes of at least 4 members (excludes halogenated alkanes) is 4. The lowest BCUT2D eigenvalue weighted by atomic mass is 10.0. The van der Waals surface area contributed by atoms with Gasteiger partial charge in [-0.15, -0.1) is 0 Å². The first-order valence-corrected chi connectivity index (χ1v) is 6.18. The summed E-state index contributed by atoms with van der Waals surface area (Å²) in [6.07, 6.45) is 4.04. The van der Waals surface area contributed by atoms with E-state index in [0.29, 0.717) is 0 Å². The van der Waals surface area contributed by atoms with E-state index in [0.717, 1.165) is 12.8 Å². The number of hydrogen-bond acceptors (Lipinski definition) is 2. The molecular weight excluding hydrogens is 231 g/mol. The van der Waals surface area contributed by atoms with E-state index in [2.05, 4.69) is 16.9 Å². The van der Waals surface area contributed by atoms with Gasteiger partial charge in [0, 0.05) is 6.21 Å². The van der Waals surface area contributed by atoms with Crippen LogP contribution in [0.25, 0.3) is 0 Å². The van der Waals surface area contributed by atoms with E-state index in [-0.39, 0.29) is 5.92 Å². The number of oxime groups is 1. The molecule has 0 radical (unpaired) electrons. The summed E-state index contributed by atoms with van der Waals surface area (Å²) in [4.78, 5) is 4.16. The molecule has 0 aliphatic rings. The first kappa shape index (κ1) is 16.3. The lowest BCUT2D eigenvalue weighted by molar-refractivity contribution is -0.173. The van der Waals surface area contributed by atoms with Gasteiger partial charge in [-0.3, -0.25) is 0 Å². The Morgan fingerprint density at radius 1 is 1.18 bits per heavy atom. The molecule has 0 heterocycles. The van der Waals surface area contributed by atoms with Gasteiger partial charge in [0.2, 0.25) is 6.61 Å². The Morgan fingerprint density at radius 3 is 2.41 bits per heavy atom. The third kappa shape index (κ3) is 13.2. The van der Waals surface area contributed by atoms with Gasteiger partial charge in [-0.25, -0.2) is 0 Å². The van der Waals surface area contributed by atoms with Crippen molar-refractivity contribution in [3.63, 3.8) is 0 Å². The van der Waals surface area contributed by atoms with Crippen LogP contribution in [0.2, 0.25) is 0 Å². The number of nitrogens with zero attached hydrogens (tertiary/aromatic N) is 1. The van der Waals surface area contributed by atoms with Gasteiger partial charge in [0.1, 0.15) is 0 Å². The van der Waals surface area contributed by atoms with Crippen LogP contribution in [-0.4, -0.2) is 19.0 Å². The highest BCUT2D eigenvalue weighted by molar-refractivity contribution is 5.59. The topological polar surface area (TPSA) is 21.6 Å². The standard InChI is InChI=1S/C12H22F3NO/c1-3-4-5-6-7-8-11(2)9-16-17-10-12(13,14)15/h9,11H,3-8,10H2,1-2H3/b16-9+. The third-order valence-corrected chi connectivity index (χ3v) is 2.38. The summed E-state index contributed by atoms with van der Waals surface area (Å²) < 4.78 is 35.1. The summed E-state index contributed by atoms with van der Waals surface area (Å²) in [6, 6.07) is 0. The monoisotopic (exact) mass is 253 g/mol. The van der Waals surface area contributed by atoms with Crippen LogP contribution in [0.3, 0.4) is 0 Å². The molecule has 0 aromatic carbocycles. The zero-order valence-electron chi connectivity index (χ0n) is 10.6. The van der Waals surface area contributed by atoms with E-state index < -0.39 is 12.8 Å². The summed E-state index contributed by atoms with van der Waals surface area (Å²) in [7, 11) is 0. The van der Waals surface area contributed by atoms with E-state index in [9.17, 15) is 13.2 Å². The normalized spacial score (nSPS) is 14.2. The van der Waals surface area contributed by atoms with Crippen molar-refractivity contribution in [3.8, 4) is 0 Å². The van der Waals surface area contributed by atoms with E-state index in [4.69, 9.17) is 0 Å². The molecule has 5 heteroatoms. The molecule has 0 aliphatic heterocycles. The van der Waals surface area contributed by atoms with Crippen molar-refractivity contribution in [2.24, 2.45) is 11.1 Å². The van der Waals surface area contributed by atoms with Gasteiger partial charge in [-0.1, -0.05) is 51.1 Å². The zero-order chi connectivity index (χ0) is 13.1. The summed E-state index contributed by atoms with van der Waals surface area (Å²) in [5, 5.41) is 3.33. The second kappa shape index (κ2) is 9.31. The Bertz CT molecular complexity index is 204. The smallest absolute Gasteiger partial charge is 0.386 e. The second-order valence-electron chi connectivity index (χ2n) is 4.32. The Labute approximate surface area is 101 Å². The highest BCUT2D eigenvalue weighted by Gasteiger charge is 2.28. The average Bonchev–Trinajstić information content (AvgIpc) is 2.23. The minimum Gasteiger partial charge on any atom is -0.386 e. The molecule has 2 nitrogen and oxygen atoms in total. The molecule has 0 aliphatic carbocycles. The number of alkyl halides is 3. The summed E-state index contributed by atoms with van der Waals surface area (Å²) >= 11 is 0. The Hall–Kier alpha value is -0.740. The lowest BCUT2D eigenvalue weighted by Crippen LogP contribution is -2.15. The molecule has 0 fully saturated rings. The highest BCUT2D eigenvalue weighted by Crippen LogP contribution is 2.14. The van der Waals surface area contributed by atoms with Crippen molar-refractivity contribution in [2.45, 2.75) is 58.5 Å². The Balaban J connectivity index is 3.44. The molecule has 1 unspecified atom stereocenters. The molecule has 0 aromatic rings. The van der Waals surface area contributed by atoms with Crippen LogP contribution in [0.4, 0.5) is 13.2 Å². The predicted octanol–water partition coefficient (Wildman–Crippen LogP) is 4.55. The van der Waals surface area contributed by atoms with E-state index in [1.165, 1.54) is 31.9 Å². The van der Waals surface area contributed by atoms with Crippen molar-refractivity contribution in [1.29, 1.82) is 0 Å². The molecule has 102 valence electrons. The minimum absolute atomic E-state index is 0.171. The summed E-state index contributed by atoms with van der Waals surface area (Å²) in [5.74, 6) is 0.171. The van der Waals surface area contributed by atoms with Gasteiger partial charge in [0.25, 0.3) is 0 Å². The van der Waals surface area contributed by atoms with Gasteiger partial charge in [-0.05, 0) is 12.3 Å². The van der Waals surface area contributed by atoms with Crippen LogP contribution in [0, 0.1) is 5.92 Å². The molecule has 17 heavy (non-hydrogen) atoms. The first-order chi connectivity index (χ1) is 7.95. The van der Waals surface area contributed by atoms with Gasteiger partial charge in [-0.2, -0.15) is 13.2 Å². The molecule has 0 N–H and O–H groups in total. The van der Waals surface area contributed by atoms with Crippen molar-refractivity contribution >= 4 is 6.21 Å². The van der Waals surface area contributed by atoms with Crippen molar-refractivity contribution in [2.75, 3.05) is 6.61 Å². The van der Waals surface area contributed by atoms with Crippen LogP contribution in [0.5, 0.6) is 0 Å². The van der Waals surface area contributed by atoms with Crippen molar-refractivity contribution < 1.29 is 18.0 Å². The summed E-state index contributed by atoms with van der Waals surface area (Å²) in [6.45, 7) is 2.78. The fourth-order valence-corrected chi connectivity index (χ4v) is 1.40. The van der Waals surface area contributed by atoms with Crippen LogP contribution in [0.1, 0.15) is 52.4 Å². The molecule has 0 amide bonds. The molecule has 0 saturated heterocycles. The minimum atomic E-state index is -4.30.